The third-order valence-electron chi connectivity index (χ3n) is 3.70. The van der Waals surface area contributed by atoms with Crippen molar-refractivity contribution in [3.8, 4) is 0 Å². The minimum atomic E-state index is 0.481. The van der Waals surface area contributed by atoms with E-state index in [9.17, 15) is 0 Å². The molecule has 0 aliphatic carbocycles. The molecular weight excluding hydrogens is 236 g/mol. The molecule has 0 aliphatic heterocycles. The normalized spacial score (nSPS) is 11.4. The number of aryl methyl sites for hydroxylation is 1. The Morgan fingerprint density at radius 1 is 0.842 bits per heavy atom. The van der Waals surface area contributed by atoms with Crippen LogP contribution in [0.15, 0.2) is 4.42 Å². The van der Waals surface area contributed by atoms with Gasteiger partial charge in [0.1, 0.15) is 0 Å². The standard InChI is InChI=1S/C16H30N2O/c1-4-6-8-10-12-15(13-11-9-7-5-2)16-18-17-14(3)19-16/h15H,4-13H2,1-3H3. The highest BCUT2D eigenvalue weighted by Gasteiger charge is 2.17. The largest absolute Gasteiger partial charge is 0.425 e. The second kappa shape index (κ2) is 9.99. The van der Waals surface area contributed by atoms with Crippen molar-refractivity contribution < 1.29 is 4.42 Å². The van der Waals surface area contributed by atoms with E-state index in [0.717, 1.165) is 5.89 Å². The lowest BCUT2D eigenvalue weighted by molar-refractivity contribution is 0.383. The molecule has 3 nitrogen and oxygen atoms in total. The molecule has 1 aromatic rings. The Morgan fingerprint density at radius 3 is 1.84 bits per heavy atom. The van der Waals surface area contributed by atoms with E-state index in [1.165, 1.54) is 64.2 Å². The lowest BCUT2D eigenvalue weighted by atomic mass is 9.94. The fourth-order valence-corrected chi connectivity index (χ4v) is 2.50. The number of nitrogens with zero attached hydrogens (tertiary/aromatic N) is 2. The average molecular weight is 266 g/mol. The Labute approximate surface area is 118 Å². The maximum absolute atomic E-state index is 5.64. The molecule has 19 heavy (non-hydrogen) atoms. The van der Waals surface area contributed by atoms with Gasteiger partial charge in [-0.25, -0.2) is 0 Å². The van der Waals surface area contributed by atoms with Gasteiger partial charge in [-0.1, -0.05) is 65.2 Å². The summed E-state index contributed by atoms with van der Waals surface area (Å²) in [6.45, 7) is 6.38. The van der Waals surface area contributed by atoms with Gasteiger partial charge in [-0.3, -0.25) is 0 Å². The van der Waals surface area contributed by atoms with Gasteiger partial charge in [-0.15, -0.1) is 10.2 Å². The average Bonchev–Trinajstić information content (AvgIpc) is 2.83. The van der Waals surface area contributed by atoms with Gasteiger partial charge in [-0.2, -0.15) is 0 Å². The van der Waals surface area contributed by atoms with Crippen molar-refractivity contribution in [1.29, 1.82) is 0 Å². The van der Waals surface area contributed by atoms with Crippen LogP contribution in [-0.4, -0.2) is 10.2 Å². The summed E-state index contributed by atoms with van der Waals surface area (Å²) in [6.07, 6.45) is 12.9. The summed E-state index contributed by atoms with van der Waals surface area (Å²) < 4.78 is 5.64. The molecule has 1 heterocycles. The van der Waals surface area contributed by atoms with Crippen LogP contribution in [0.4, 0.5) is 0 Å². The predicted octanol–water partition coefficient (Wildman–Crippen LogP) is 5.40. The molecule has 1 aromatic heterocycles. The Kier molecular flexibility index (Phi) is 8.52. The topological polar surface area (TPSA) is 38.9 Å². The molecule has 110 valence electrons. The number of hydrogen-bond acceptors (Lipinski definition) is 3. The summed E-state index contributed by atoms with van der Waals surface area (Å²) in [7, 11) is 0. The van der Waals surface area contributed by atoms with Crippen LogP contribution in [0.5, 0.6) is 0 Å². The molecule has 0 unspecified atom stereocenters. The van der Waals surface area contributed by atoms with E-state index >= 15 is 0 Å². The van der Waals surface area contributed by atoms with Gasteiger partial charge >= 0.3 is 0 Å². The van der Waals surface area contributed by atoms with E-state index < -0.39 is 0 Å². The quantitative estimate of drug-likeness (QED) is 0.503. The first-order chi connectivity index (χ1) is 9.27. The van der Waals surface area contributed by atoms with Gasteiger partial charge in [0.15, 0.2) is 0 Å². The Hall–Kier alpha value is -0.860. The van der Waals surface area contributed by atoms with Gasteiger partial charge in [0.2, 0.25) is 11.8 Å². The number of aromatic nitrogens is 2. The molecule has 0 aliphatic rings. The summed E-state index contributed by atoms with van der Waals surface area (Å²) in [5.41, 5.74) is 0. The second-order valence-corrected chi connectivity index (χ2v) is 5.55. The summed E-state index contributed by atoms with van der Waals surface area (Å²) >= 11 is 0. The molecule has 0 N–H and O–H groups in total. The smallest absolute Gasteiger partial charge is 0.219 e. The Bertz CT molecular complexity index is 310. The molecule has 0 spiro atoms. The molecule has 0 amide bonds. The van der Waals surface area contributed by atoms with Crippen molar-refractivity contribution >= 4 is 0 Å². The van der Waals surface area contributed by atoms with Crippen LogP contribution < -0.4 is 0 Å². The third kappa shape index (κ3) is 6.74. The zero-order valence-electron chi connectivity index (χ0n) is 13.0. The maximum atomic E-state index is 5.64. The second-order valence-electron chi connectivity index (χ2n) is 5.55. The van der Waals surface area contributed by atoms with Crippen LogP contribution >= 0.6 is 0 Å². The molecule has 0 aromatic carbocycles. The van der Waals surface area contributed by atoms with Crippen molar-refractivity contribution in [2.45, 2.75) is 90.9 Å². The molecule has 3 heteroatoms. The molecular formula is C16H30N2O. The van der Waals surface area contributed by atoms with Crippen molar-refractivity contribution in [2.75, 3.05) is 0 Å². The van der Waals surface area contributed by atoms with Crippen molar-refractivity contribution in [2.24, 2.45) is 0 Å². The van der Waals surface area contributed by atoms with Crippen LogP contribution in [0.3, 0.4) is 0 Å². The Balaban J connectivity index is 2.38. The minimum absolute atomic E-state index is 0.481. The van der Waals surface area contributed by atoms with Crippen molar-refractivity contribution in [1.82, 2.24) is 10.2 Å². The maximum Gasteiger partial charge on any atom is 0.219 e. The van der Waals surface area contributed by atoms with E-state index in [1.54, 1.807) is 0 Å². The van der Waals surface area contributed by atoms with Crippen LogP contribution in [-0.2, 0) is 0 Å². The SMILES string of the molecule is CCCCCCC(CCCCCC)c1nnc(C)o1. The fraction of sp³-hybridized carbons (Fsp3) is 0.875. The fourth-order valence-electron chi connectivity index (χ4n) is 2.50. The highest BCUT2D eigenvalue weighted by atomic mass is 16.4. The van der Waals surface area contributed by atoms with E-state index in [0.29, 0.717) is 11.8 Å². The molecule has 0 saturated carbocycles. The predicted molar refractivity (Wildman–Crippen MR) is 79.3 cm³/mol. The monoisotopic (exact) mass is 266 g/mol. The van der Waals surface area contributed by atoms with Crippen LogP contribution in [0.1, 0.15) is 95.8 Å². The molecule has 0 atom stereocenters. The summed E-state index contributed by atoms with van der Waals surface area (Å²) in [5.74, 6) is 2.04. The summed E-state index contributed by atoms with van der Waals surface area (Å²) in [5, 5.41) is 8.21. The lowest BCUT2D eigenvalue weighted by Crippen LogP contribution is -2.00. The first-order valence-corrected chi connectivity index (χ1v) is 8.07. The lowest BCUT2D eigenvalue weighted by Gasteiger charge is -2.12. The van der Waals surface area contributed by atoms with Gasteiger partial charge in [0.25, 0.3) is 0 Å². The molecule has 1 rings (SSSR count). The zero-order chi connectivity index (χ0) is 13.9. The number of rotatable bonds is 11. The van der Waals surface area contributed by atoms with E-state index in [1.807, 2.05) is 6.92 Å². The van der Waals surface area contributed by atoms with Crippen LogP contribution in [0, 0.1) is 6.92 Å². The number of unbranched alkanes of at least 4 members (excludes halogenated alkanes) is 6. The zero-order valence-corrected chi connectivity index (χ0v) is 13.0. The van der Waals surface area contributed by atoms with Gasteiger partial charge in [-0.05, 0) is 12.8 Å². The Morgan fingerprint density at radius 2 is 1.42 bits per heavy atom. The first kappa shape index (κ1) is 16.2. The van der Waals surface area contributed by atoms with Crippen LogP contribution in [0.25, 0.3) is 0 Å². The van der Waals surface area contributed by atoms with Gasteiger partial charge < -0.3 is 4.42 Å². The molecule has 0 fully saturated rings. The molecule has 0 bridgehead atoms. The van der Waals surface area contributed by atoms with Gasteiger partial charge in [0, 0.05) is 12.8 Å². The first-order valence-electron chi connectivity index (χ1n) is 8.07. The third-order valence-corrected chi connectivity index (χ3v) is 3.70. The van der Waals surface area contributed by atoms with Crippen LogP contribution in [0.2, 0.25) is 0 Å². The van der Waals surface area contributed by atoms with E-state index in [4.69, 9.17) is 4.42 Å². The van der Waals surface area contributed by atoms with E-state index in [2.05, 4.69) is 24.0 Å². The van der Waals surface area contributed by atoms with Crippen molar-refractivity contribution in [3.63, 3.8) is 0 Å². The number of hydrogen-bond donors (Lipinski definition) is 0. The summed E-state index contributed by atoms with van der Waals surface area (Å²) in [4.78, 5) is 0. The highest BCUT2D eigenvalue weighted by Crippen LogP contribution is 2.27. The summed E-state index contributed by atoms with van der Waals surface area (Å²) in [6, 6.07) is 0. The van der Waals surface area contributed by atoms with Gasteiger partial charge in [0.05, 0.1) is 0 Å². The van der Waals surface area contributed by atoms with Crippen molar-refractivity contribution in [3.05, 3.63) is 11.8 Å². The minimum Gasteiger partial charge on any atom is -0.425 e. The van der Waals surface area contributed by atoms with E-state index in [-0.39, 0.29) is 0 Å². The molecule has 0 radical (unpaired) electrons. The molecule has 0 saturated heterocycles. The highest BCUT2D eigenvalue weighted by molar-refractivity contribution is 4.90.